The number of rotatable bonds is 2. The molecule has 0 N–H and O–H groups in total. The maximum Gasteiger partial charge on any atom is 0.158 e. The number of ether oxygens (including phenoxy) is 1. The zero-order chi connectivity index (χ0) is 25.1. The van der Waals surface area contributed by atoms with Gasteiger partial charge in [-0.2, -0.15) is 0 Å². The molecule has 2 heteroatoms. The van der Waals surface area contributed by atoms with E-state index in [0.717, 1.165) is 0 Å². The highest BCUT2D eigenvalue weighted by Crippen LogP contribution is 2.46. The van der Waals surface area contributed by atoms with Crippen LogP contribution in [-0.4, -0.2) is 12.9 Å². The summed E-state index contributed by atoms with van der Waals surface area (Å²) in [7, 11) is 1.56. The van der Waals surface area contributed by atoms with Crippen LogP contribution in [0.2, 0.25) is 0 Å². The van der Waals surface area contributed by atoms with Gasteiger partial charge in [0.1, 0.15) is 0 Å². The summed E-state index contributed by atoms with van der Waals surface area (Å²) in [6.07, 6.45) is 0. The highest BCUT2D eigenvalue weighted by Gasteiger charge is 2.31. The molecule has 0 saturated heterocycles. The number of Topliss-reactive ketones (excluding diaryl/α,β-unsaturated/α-hetero) is 1. The number of methoxy groups -OCH3 is 1. The Morgan fingerprint density at radius 2 is 0.806 bits per heavy atom. The Labute approximate surface area is 193 Å². The predicted molar refractivity (Wildman–Crippen MR) is 137 cm³/mol. The third-order valence-electron chi connectivity index (χ3n) is 8.49. The van der Waals surface area contributed by atoms with Gasteiger partial charge in [0, 0.05) is 16.4 Å². The smallest absolute Gasteiger partial charge is 0.158 e. The van der Waals surface area contributed by atoms with E-state index < -0.39 is 0 Å². The Morgan fingerprint density at radius 3 is 0.871 bits per heavy atom. The number of ketones is 1. The first-order chi connectivity index (χ1) is 13.9. The second-order valence-electron chi connectivity index (χ2n) is 10.2. The van der Waals surface area contributed by atoms with Crippen LogP contribution in [0.25, 0.3) is 0 Å². The molecule has 0 heterocycles. The van der Waals surface area contributed by atoms with Gasteiger partial charge in [0.05, 0.1) is 12.9 Å². The van der Waals surface area contributed by atoms with Crippen LogP contribution in [0.15, 0.2) is 55.9 Å². The van der Waals surface area contributed by atoms with E-state index in [1.165, 1.54) is 51.5 Å². The zero-order valence-corrected chi connectivity index (χ0v) is 23.3. The molecule has 2 rings (SSSR count). The molecule has 2 aliphatic carbocycles. The van der Waals surface area contributed by atoms with Crippen LogP contribution in [0.3, 0.4) is 0 Å². The van der Waals surface area contributed by atoms with Crippen molar-refractivity contribution in [3.05, 3.63) is 55.9 Å². The zero-order valence-electron chi connectivity index (χ0n) is 23.3. The molecule has 0 unspecified atom stereocenters. The van der Waals surface area contributed by atoms with Crippen LogP contribution in [0.5, 0.6) is 0 Å². The standard InChI is InChI=1S/2C11H18.C7H12O2/c2*1-7-8(2)10(4)11(5,6)9(7)3;1-5(6(2)8)7(3)9-4/h2*1-6H3;1-4H3/b;;7-5-. The van der Waals surface area contributed by atoms with E-state index in [1.54, 1.807) is 21.0 Å². The second kappa shape index (κ2) is 10.7. The summed E-state index contributed by atoms with van der Waals surface area (Å²) in [4.78, 5) is 10.6. The Kier molecular flexibility index (Phi) is 10.0. The van der Waals surface area contributed by atoms with E-state index in [-0.39, 0.29) is 5.78 Å². The van der Waals surface area contributed by atoms with E-state index in [2.05, 4.69) is 83.1 Å². The lowest BCUT2D eigenvalue weighted by Gasteiger charge is -2.22. The Balaban J connectivity index is 0.000000439. The summed E-state index contributed by atoms with van der Waals surface area (Å²) < 4.78 is 4.83. The highest BCUT2D eigenvalue weighted by atomic mass is 16.5. The number of allylic oxidation sites excluding steroid dienone is 10. The third kappa shape index (κ3) is 6.11. The maximum atomic E-state index is 10.6. The average molecular weight is 429 g/mol. The fraction of sp³-hybridized carbons (Fsp3) is 0.621. The minimum absolute atomic E-state index is 0.0642. The topological polar surface area (TPSA) is 26.3 Å². The van der Waals surface area contributed by atoms with Crippen molar-refractivity contribution >= 4 is 5.78 Å². The van der Waals surface area contributed by atoms with Crippen LogP contribution in [0.4, 0.5) is 0 Å². The number of hydrogen-bond donors (Lipinski definition) is 0. The van der Waals surface area contributed by atoms with Crippen LogP contribution in [0.1, 0.15) is 104 Å². The molecule has 0 aromatic heterocycles. The molecular weight excluding hydrogens is 380 g/mol. The van der Waals surface area contributed by atoms with Crippen molar-refractivity contribution in [2.75, 3.05) is 7.11 Å². The van der Waals surface area contributed by atoms with Gasteiger partial charge in [-0.3, -0.25) is 4.79 Å². The number of hydrogen-bond acceptors (Lipinski definition) is 2. The van der Waals surface area contributed by atoms with E-state index in [1.807, 2.05) is 0 Å². The van der Waals surface area contributed by atoms with Gasteiger partial charge in [-0.15, -0.1) is 0 Å². The molecular formula is C29H48O2. The van der Waals surface area contributed by atoms with Gasteiger partial charge in [-0.1, -0.05) is 50.0 Å². The second-order valence-corrected chi connectivity index (χ2v) is 10.2. The molecule has 0 aromatic rings. The maximum absolute atomic E-state index is 10.6. The van der Waals surface area contributed by atoms with Gasteiger partial charge < -0.3 is 4.74 Å². The first-order valence-electron chi connectivity index (χ1n) is 11.3. The van der Waals surface area contributed by atoms with Gasteiger partial charge in [0.15, 0.2) is 5.78 Å². The Hall–Kier alpha value is -1.83. The van der Waals surface area contributed by atoms with E-state index in [9.17, 15) is 4.79 Å². The van der Waals surface area contributed by atoms with Crippen molar-refractivity contribution in [1.29, 1.82) is 0 Å². The Bertz CT molecular complexity index is 770. The van der Waals surface area contributed by atoms with Crippen LogP contribution in [-0.2, 0) is 9.53 Å². The molecule has 0 aliphatic heterocycles. The normalized spacial score (nSPS) is 20.3. The lowest BCUT2D eigenvalue weighted by Crippen LogP contribution is -2.11. The summed E-state index contributed by atoms with van der Waals surface area (Å²) in [5.74, 6) is 0.761. The van der Waals surface area contributed by atoms with Crippen molar-refractivity contribution < 1.29 is 9.53 Å². The molecule has 0 aromatic carbocycles. The molecule has 0 radical (unpaired) electrons. The molecule has 0 fully saturated rings. The first-order valence-corrected chi connectivity index (χ1v) is 11.3. The minimum Gasteiger partial charge on any atom is -0.501 e. The van der Waals surface area contributed by atoms with E-state index in [4.69, 9.17) is 4.74 Å². The average Bonchev–Trinajstić information content (AvgIpc) is 2.93. The molecule has 0 atom stereocenters. The van der Waals surface area contributed by atoms with Crippen LogP contribution >= 0.6 is 0 Å². The molecule has 2 nitrogen and oxygen atoms in total. The largest absolute Gasteiger partial charge is 0.501 e. The van der Waals surface area contributed by atoms with Crippen LogP contribution < -0.4 is 0 Å². The van der Waals surface area contributed by atoms with Gasteiger partial charge in [-0.25, -0.2) is 0 Å². The fourth-order valence-corrected chi connectivity index (χ4v) is 3.96. The van der Waals surface area contributed by atoms with Gasteiger partial charge in [0.25, 0.3) is 0 Å². The van der Waals surface area contributed by atoms with Crippen molar-refractivity contribution in [2.24, 2.45) is 10.8 Å². The third-order valence-corrected chi connectivity index (χ3v) is 8.49. The minimum atomic E-state index is 0.0642. The first kappa shape index (κ1) is 29.2. The van der Waals surface area contributed by atoms with Crippen molar-refractivity contribution in [2.45, 2.75) is 104 Å². The molecule has 0 bridgehead atoms. The molecule has 0 spiro atoms. The predicted octanol–water partition coefficient (Wildman–Crippen LogP) is 8.91. The van der Waals surface area contributed by atoms with E-state index in [0.29, 0.717) is 22.2 Å². The monoisotopic (exact) mass is 428 g/mol. The molecule has 176 valence electrons. The SMILES string of the molecule is CC1=C(C)C(C)(C)C(C)=C1C.CC1=C(C)C(C)(C)C(C)=C1C.CO/C(C)=C(/C)C(C)=O. The van der Waals surface area contributed by atoms with Gasteiger partial charge >= 0.3 is 0 Å². The van der Waals surface area contributed by atoms with Crippen molar-refractivity contribution in [3.63, 3.8) is 0 Å². The summed E-state index contributed by atoms with van der Waals surface area (Å²) in [5.41, 5.74) is 13.4. The Morgan fingerprint density at radius 1 is 0.581 bits per heavy atom. The summed E-state index contributed by atoms with van der Waals surface area (Å²) >= 11 is 0. The quantitative estimate of drug-likeness (QED) is 0.324. The van der Waals surface area contributed by atoms with Crippen LogP contribution in [0, 0.1) is 10.8 Å². The molecule has 31 heavy (non-hydrogen) atoms. The molecule has 2 aliphatic rings. The summed E-state index contributed by atoms with van der Waals surface area (Å²) in [6.45, 7) is 32.1. The number of carbonyl (C=O) groups is 1. The van der Waals surface area contributed by atoms with Gasteiger partial charge in [-0.05, 0) is 98.5 Å². The summed E-state index contributed by atoms with van der Waals surface area (Å²) in [5, 5.41) is 0. The molecule has 0 saturated carbocycles. The number of carbonyl (C=O) groups excluding carboxylic acids is 1. The molecule has 0 amide bonds. The van der Waals surface area contributed by atoms with Crippen molar-refractivity contribution in [1.82, 2.24) is 0 Å². The fourth-order valence-electron chi connectivity index (χ4n) is 3.96. The lowest BCUT2D eigenvalue weighted by atomic mass is 9.82. The van der Waals surface area contributed by atoms with Crippen molar-refractivity contribution in [3.8, 4) is 0 Å². The highest BCUT2D eigenvalue weighted by molar-refractivity contribution is 5.92. The van der Waals surface area contributed by atoms with Gasteiger partial charge in [0.2, 0.25) is 0 Å². The van der Waals surface area contributed by atoms with E-state index >= 15 is 0 Å². The summed E-state index contributed by atoms with van der Waals surface area (Å²) in [6, 6.07) is 0. The lowest BCUT2D eigenvalue weighted by molar-refractivity contribution is -0.113.